The van der Waals surface area contributed by atoms with Crippen molar-refractivity contribution in [1.29, 1.82) is 0 Å². The Bertz CT molecular complexity index is 1110. The number of carbonyl (C=O) groups is 4. The van der Waals surface area contributed by atoms with Crippen LogP contribution in [0, 0.1) is 0 Å². The maximum absolute atomic E-state index is 12.9. The van der Waals surface area contributed by atoms with E-state index in [1.54, 1.807) is 0 Å². The number of hydrogen-bond acceptors (Lipinski definition) is 5. The molecule has 7 nitrogen and oxygen atoms in total. The van der Waals surface area contributed by atoms with Gasteiger partial charge in [0, 0.05) is 6.04 Å². The predicted molar refractivity (Wildman–Crippen MR) is 119 cm³/mol. The minimum absolute atomic E-state index is 0.0715. The van der Waals surface area contributed by atoms with Gasteiger partial charge >= 0.3 is 5.97 Å². The lowest BCUT2D eigenvalue weighted by Crippen LogP contribution is -2.38. The number of anilines is 1. The van der Waals surface area contributed by atoms with Crippen LogP contribution < -0.4 is 10.2 Å². The quantitative estimate of drug-likeness (QED) is 0.511. The molecule has 2 aromatic rings. The van der Waals surface area contributed by atoms with Crippen LogP contribution >= 0.6 is 23.2 Å². The van der Waals surface area contributed by atoms with Gasteiger partial charge in [0.2, 0.25) is 0 Å². The van der Waals surface area contributed by atoms with E-state index in [4.69, 9.17) is 27.9 Å². The van der Waals surface area contributed by atoms with E-state index < -0.39 is 24.4 Å². The molecule has 4 rings (SSSR count). The molecule has 32 heavy (non-hydrogen) atoms. The first kappa shape index (κ1) is 22.3. The van der Waals surface area contributed by atoms with Gasteiger partial charge < -0.3 is 10.1 Å². The van der Waals surface area contributed by atoms with Gasteiger partial charge in [0.1, 0.15) is 0 Å². The number of hydrogen-bond donors (Lipinski definition) is 1. The lowest BCUT2D eigenvalue weighted by molar-refractivity contribution is -0.125. The second-order valence-electron chi connectivity index (χ2n) is 7.78. The predicted octanol–water partition coefficient (Wildman–Crippen LogP) is 4.40. The van der Waals surface area contributed by atoms with Crippen LogP contribution in [0.2, 0.25) is 10.0 Å². The molecule has 1 aliphatic carbocycles. The summed E-state index contributed by atoms with van der Waals surface area (Å²) in [5, 5.41) is 3.37. The molecule has 1 heterocycles. The molecule has 1 fully saturated rings. The Labute approximate surface area is 194 Å². The molecule has 166 valence electrons. The zero-order valence-electron chi connectivity index (χ0n) is 17.0. The summed E-state index contributed by atoms with van der Waals surface area (Å²) < 4.78 is 5.10. The van der Waals surface area contributed by atoms with Crippen molar-refractivity contribution < 1.29 is 23.9 Å². The molecule has 3 amide bonds. The van der Waals surface area contributed by atoms with E-state index in [1.165, 1.54) is 42.8 Å². The first-order valence-corrected chi connectivity index (χ1v) is 11.0. The highest BCUT2D eigenvalue weighted by atomic mass is 35.5. The maximum Gasteiger partial charge on any atom is 0.338 e. The Balaban J connectivity index is 1.44. The largest absolute Gasteiger partial charge is 0.452 e. The van der Waals surface area contributed by atoms with Crippen molar-refractivity contribution in [2.24, 2.45) is 0 Å². The first-order valence-electron chi connectivity index (χ1n) is 10.3. The molecule has 1 N–H and O–H groups in total. The number of carbonyl (C=O) groups excluding carboxylic acids is 4. The molecule has 2 aromatic carbocycles. The monoisotopic (exact) mass is 474 g/mol. The van der Waals surface area contributed by atoms with E-state index in [0.29, 0.717) is 5.02 Å². The van der Waals surface area contributed by atoms with Gasteiger partial charge in [-0.05, 0) is 49.2 Å². The number of nitrogens with zero attached hydrogens (tertiary/aromatic N) is 1. The van der Waals surface area contributed by atoms with Gasteiger partial charge in [-0.3, -0.25) is 14.4 Å². The summed E-state index contributed by atoms with van der Waals surface area (Å²) in [4.78, 5) is 51.1. The summed E-state index contributed by atoms with van der Waals surface area (Å²) >= 11 is 11.9. The Morgan fingerprint density at radius 1 is 0.938 bits per heavy atom. The van der Waals surface area contributed by atoms with Gasteiger partial charge in [0.05, 0.1) is 32.4 Å². The SMILES string of the molecule is O=C(COC(=O)c1ccc2c(c1)C(=O)N(c1ccc(Cl)c(Cl)c1)C2=O)NC1CCCCC1. The van der Waals surface area contributed by atoms with E-state index >= 15 is 0 Å². The number of nitrogens with one attached hydrogen (secondary N) is 1. The number of esters is 1. The number of benzene rings is 2. The van der Waals surface area contributed by atoms with E-state index in [0.717, 1.165) is 30.6 Å². The van der Waals surface area contributed by atoms with Crippen molar-refractivity contribution in [2.45, 2.75) is 38.1 Å². The molecule has 1 saturated carbocycles. The standard InChI is InChI=1S/C23H20Cl2N2O5/c24-18-9-7-15(11-19(18)25)27-21(29)16-8-6-13(10-17(16)22(27)30)23(31)32-12-20(28)26-14-4-2-1-3-5-14/h6-11,14H,1-5,12H2,(H,26,28). The first-order chi connectivity index (χ1) is 15.3. The highest BCUT2D eigenvalue weighted by Crippen LogP contribution is 2.33. The molecule has 0 spiro atoms. The molecule has 0 bridgehead atoms. The fraction of sp³-hybridized carbons (Fsp3) is 0.304. The zero-order chi connectivity index (χ0) is 22.8. The summed E-state index contributed by atoms with van der Waals surface area (Å²) in [5.41, 5.74) is 0.579. The molecule has 9 heteroatoms. The number of rotatable bonds is 5. The minimum Gasteiger partial charge on any atom is -0.452 e. The Kier molecular flexibility index (Phi) is 6.48. The molecule has 0 saturated heterocycles. The van der Waals surface area contributed by atoms with Gasteiger partial charge in [-0.15, -0.1) is 0 Å². The average molecular weight is 475 g/mol. The van der Waals surface area contributed by atoms with E-state index in [9.17, 15) is 19.2 Å². The average Bonchev–Trinajstić information content (AvgIpc) is 3.04. The van der Waals surface area contributed by atoms with E-state index in [-0.39, 0.29) is 39.3 Å². The van der Waals surface area contributed by atoms with Crippen LogP contribution in [0.4, 0.5) is 5.69 Å². The number of imide groups is 1. The fourth-order valence-electron chi connectivity index (χ4n) is 3.96. The van der Waals surface area contributed by atoms with Crippen LogP contribution in [-0.4, -0.2) is 36.3 Å². The Morgan fingerprint density at radius 3 is 2.38 bits per heavy atom. The van der Waals surface area contributed by atoms with E-state index in [2.05, 4.69) is 5.32 Å². The number of halogens is 2. The topological polar surface area (TPSA) is 92.8 Å². The van der Waals surface area contributed by atoms with Crippen LogP contribution in [0.5, 0.6) is 0 Å². The zero-order valence-corrected chi connectivity index (χ0v) is 18.5. The normalized spacial score (nSPS) is 16.1. The van der Waals surface area contributed by atoms with Crippen LogP contribution in [-0.2, 0) is 9.53 Å². The second kappa shape index (κ2) is 9.30. The van der Waals surface area contributed by atoms with Crippen molar-refractivity contribution >= 4 is 52.6 Å². The van der Waals surface area contributed by atoms with Crippen LogP contribution in [0.1, 0.15) is 63.2 Å². The third-order valence-corrected chi connectivity index (χ3v) is 6.33. The van der Waals surface area contributed by atoms with Crippen molar-refractivity contribution in [2.75, 3.05) is 11.5 Å². The molecule has 2 aliphatic rings. The van der Waals surface area contributed by atoms with Crippen LogP contribution in [0.15, 0.2) is 36.4 Å². The Hall–Kier alpha value is -2.90. The third kappa shape index (κ3) is 4.49. The van der Waals surface area contributed by atoms with Gasteiger partial charge in [0.25, 0.3) is 17.7 Å². The highest BCUT2D eigenvalue weighted by Gasteiger charge is 2.37. The molecule has 0 unspecified atom stereocenters. The fourth-order valence-corrected chi connectivity index (χ4v) is 4.25. The molecule has 0 atom stereocenters. The summed E-state index contributed by atoms with van der Waals surface area (Å²) in [5.74, 6) is -2.23. The van der Waals surface area contributed by atoms with Gasteiger partial charge in [-0.25, -0.2) is 9.69 Å². The number of ether oxygens (including phenoxy) is 1. The molecule has 0 aromatic heterocycles. The van der Waals surface area contributed by atoms with Crippen LogP contribution in [0.3, 0.4) is 0 Å². The summed E-state index contributed by atoms with van der Waals surface area (Å²) in [6.45, 7) is -0.408. The number of fused-ring (bicyclic) bond motifs is 1. The van der Waals surface area contributed by atoms with E-state index in [1.807, 2.05) is 0 Å². The maximum atomic E-state index is 12.9. The van der Waals surface area contributed by atoms with Crippen molar-refractivity contribution in [3.8, 4) is 0 Å². The van der Waals surface area contributed by atoms with Crippen molar-refractivity contribution in [3.63, 3.8) is 0 Å². The van der Waals surface area contributed by atoms with Gasteiger partial charge in [0.15, 0.2) is 6.61 Å². The Morgan fingerprint density at radius 2 is 1.66 bits per heavy atom. The number of amides is 3. The molecule has 0 radical (unpaired) electrons. The van der Waals surface area contributed by atoms with Crippen molar-refractivity contribution in [1.82, 2.24) is 5.32 Å². The summed E-state index contributed by atoms with van der Waals surface area (Å²) in [6.07, 6.45) is 5.17. The third-order valence-electron chi connectivity index (χ3n) is 5.59. The smallest absolute Gasteiger partial charge is 0.338 e. The van der Waals surface area contributed by atoms with Crippen LogP contribution in [0.25, 0.3) is 0 Å². The molecule has 1 aliphatic heterocycles. The van der Waals surface area contributed by atoms with Gasteiger partial charge in [-0.2, -0.15) is 0 Å². The highest BCUT2D eigenvalue weighted by molar-refractivity contribution is 6.42. The second-order valence-corrected chi connectivity index (χ2v) is 8.60. The lowest BCUT2D eigenvalue weighted by Gasteiger charge is -2.22. The summed E-state index contributed by atoms with van der Waals surface area (Å²) in [7, 11) is 0. The van der Waals surface area contributed by atoms with Crippen molar-refractivity contribution in [3.05, 3.63) is 63.1 Å². The summed E-state index contributed by atoms with van der Waals surface area (Å²) in [6, 6.07) is 8.63. The van der Waals surface area contributed by atoms with Gasteiger partial charge in [-0.1, -0.05) is 42.5 Å². The lowest BCUT2D eigenvalue weighted by atomic mass is 9.95. The molecular weight excluding hydrogens is 455 g/mol. The molecular formula is C23H20Cl2N2O5. The minimum atomic E-state index is -0.750.